The molecule has 0 aliphatic heterocycles. The van der Waals surface area contributed by atoms with E-state index in [0.29, 0.717) is 5.69 Å². The first-order valence-electron chi connectivity index (χ1n) is 5.43. The fourth-order valence-electron chi connectivity index (χ4n) is 1.55. The molecule has 0 atom stereocenters. The molecular formula is C14H9ClFNO2. The predicted octanol–water partition coefficient (Wildman–Crippen LogP) is 3.46. The highest BCUT2D eigenvalue weighted by molar-refractivity contribution is 6.67. The Kier molecular flexibility index (Phi) is 3.92. The Hall–Kier alpha value is -2.20. The largest absolute Gasteiger partial charge is 0.322 e. The van der Waals surface area contributed by atoms with Crippen molar-refractivity contribution < 1.29 is 14.0 Å². The molecule has 2 rings (SSSR count). The van der Waals surface area contributed by atoms with Crippen molar-refractivity contribution in [1.29, 1.82) is 0 Å². The van der Waals surface area contributed by atoms with Gasteiger partial charge in [0, 0.05) is 16.8 Å². The van der Waals surface area contributed by atoms with E-state index in [1.165, 1.54) is 30.3 Å². The minimum atomic E-state index is -0.609. The maximum absolute atomic E-state index is 13.0. The Labute approximate surface area is 114 Å². The van der Waals surface area contributed by atoms with Crippen LogP contribution in [-0.4, -0.2) is 11.1 Å². The molecule has 96 valence electrons. The number of hydrogen-bond donors (Lipinski definition) is 1. The predicted molar refractivity (Wildman–Crippen MR) is 71.0 cm³/mol. The van der Waals surface area contributed by atoms with Crippen LogP contribution in [0, 0.1) is 5.82 Å². The first-order chi connectivity index (χ1) is 9.06. The molecule has 2 aromatic rings. The monoisotopic (exact) mass is 277 g/mol. The number of carbonyl (C=O) groups excluding carboxylic acids is 2. The number of nitrogens with one attached hydrogen (secondary N) is 1. The van der Waals surface area contributed by atoms with Crippen LogP contribution >= 0.6 is 11.6 Å². The molecule has 0 radical (unpaired) electrons. The molecule has 3 nitrogen and oxygen atoms in total. The summed E-state index contributed by atoms with van der Waals surface area (Å²) in [7, 11) is 0. The SMILES string of the molecule is O=C(Cl)c1cccc(NC(=O)c2cccc(F)c2)c1. The van der Waals surface area contributed by atoms with Gasteiger partial charge in [-0.05, 0) is 48.0 Å². The Morgan fingerprint density at radius 2 is 1.68 bits per heavy atom. The van der Waals surface area contributed by atoms with Crippen molar-refractivity contribution in [2.75, 3.05) is 5.32 Å². The number of carbonyl (C=O) groups is 2. The van der Waals surface area contributed by atoms with E-state index >= 15 is 0 Å². The van der Waals surface area contributed by atoms with Crippen molar-refractivity contribution >= 4 is 28.4 Å². The van der Waals surface area contributed by atoms with Crippen LogP contribution in [0.3, 0.4) is 0 Å². The topological polar surface area (TPSA) is 46.2 Å². The van der Waals surface area contributed by atoms with Crippen LogP contribution in [0.25, 0.3) is 0 Å². The van der Waals surface area contributed by atoms with Crippen LogP contribution in [0.5, 0.6) is 0 Å². The summed E-state index contributed by atoms with van der Waals surface area (Å²) in [5.74, 6) is -0.948. The lowest BCUT2D eigenvalue weighted by Gasteiger charge is -2.06. The highest BCUT2D eigenvalue weighted by atomic mass is 35.5. The van der Waals surface area contributed by atoms with Gasteiger partial charge in [-0.3, -0.25) is 9.59 Å². The van der Waals surface area contributed by atoms with Crippen molar-refractivity contribution in [3.8, 4) is 0 Å². The molecule has 0 aliphatic rings. The summed E-state index contributed by atoms with van der Waals surface area (Å²) in [6, 6.07) is 11.5. The lowest BCUT2D eigenvalue weighted by atomic mass is 10.2. The van der Waals surface area contributed by atoms with Gasteiger partial charge in [0.1, 0.15) is 5.82 Å². The second-order valence-corrected chi connectivity index (χ2v) is 4.16. The molecule has 0 aliphatic carbocycles. The molecular weight excluding hydrogens is 269 g/mol. The average molecular weight is 278 g/mol. The number of rotatable bonds is 3. The number of hydrogen-bond acceptors (Lipinski definition) is 2. The molecule has 0 bridgehead atoms. The van der Waals surface area contributed by atoms with Crippen LogP contribution in [0.1, 0.15) is 20.7 Å². The smallest absolute Gasteiger partial charge is 0.255 e. The zero-order valence-corrected chi connectivity index (χ0v) is 10.4. The van der Waals surface area contributed by atoms with Gasteiger partial charge in [-0.2, -0.15) is 0 Å². The fourth-order valence-corrected chi connectivity index (χ4v) is 1.67. The molecule has 1 amide bonds. The van der Waals surface area contributed by atoms with Gasteiger partial charge in [-0.15, -0.1) is 0 Å². The van der Waals surface area contributed by atoms with E-state index in [9.17, 15) is 14.0 Å². The van der Waals surface area contributed by atoms with Gasteiger partial charge in [0.15, 0.2) is 0 Å². The standard InChI is InChI=1S/C14H9ClFNO2/c15-13(18)9-3-2-6-12(8-9)17-14(19)10-4-1-5-11(16)7-10/h1-8H,(H,17,19). The highest BCUT2D eigenvalue weighted by Gasteiger charge is 2.08. The van der Waals surface area contributed by atoms with Gasteiger partial charge in [-0.25, -0.2) is 4.39 Å². The Morgan fingerprint density at radius 1 is 1.00 bits per heavy atom. The third kappa shape index (κ3) is 3.39. The maximum Gasteiger partial charge on any atom is 0.255 e. The zero-order chi connectivity index (χ0) is 13.8. The average Bonchev–Trinajstić information content (AvgIpc) is 2.39. The van der Waals surface area contributed by atoms with E-state index in [2.05, 4.69) is 5.32 Å². The van der Waals surface area contributed by atoms with Crippen molar-refractivity contribution in [2.24, 2.45) is 0 Å². The summed E-state index contributed by atoms with van der Waals surface area (Å²) < 4.78 is 13.0. The molecule has 0 saturated heterocycles. The third-order valence-corrected chi connectivity index (χ3v) is 2.65. The van der Waals surface area contributed by atoms with Crippen LogP contribution < -0.4 is 5.32 Å². The number of amides is 1. The van der Waals surface area contributed by atoms with Crippen molar-refractivity contribution in [3.05, 3.63) is 65.5 Å². The van der Waals surface area contributed by atoms with E-state index in [0.717, 1.165) is 6.07 Å². The van der Waals surface area contributed by atoms with Gasteiger partial charge < -0.3 is 5.32 Å². The molecule has 0 aromatic heterocycles. The van der Waals surface area contributed by atoms with Crippen LogP contribution in [0.4, 0.5) is 10.1 Å². The molecule has 19 heavy (non-hydrogen) atoms. The van der Waals surface area contributed by atoms with Gasteiger partial charge >= 0.3 is 0 Å². The van der Waals surface area contributed by atoms with Crippen LogP contribution in [0.15, 0.2) is 48.5 Å². The van der Waals surface area contributed by atoms with E-state index < -0.39 is 17.0 Å². The van der Waals surface area contributed by atoms with Gasteiger partial charge in [-0.1, -0.05) is 12.1 Å². The zero-order valence-electron chi connectivity index (χ0n) is 9.69. The normalized spacial score (nSPS) is 10.0. The second-order valence-electron chi connectivity index (χ2n) is 3.82. The lowest BCUT2D eigenvalue weighted by Crippen LogP contribution is -2.12. The summed E-state index contributed by atoms with van der Waals surface area (Å²) in [6.07, 6.45) is 0. The summed E-state index contributed by atoms with van der Waals surface area (Å²) in [4.78, 5) is 22.9. The molecule has 0 heterocycles. The van der Waals surface area contributed by atoms with Gasteiger partial charge in [0.05, 0.1) is 0 Å². The van der Waals surface area contributed by atoms with Gasteiger partial charge in [0.25, 0.3) is 11.1 Å². The first-order valence-corrected chi connectivity index (χ1v) is 5.81. The molecule has 0 unspecified atom stereocenters. The summed E-state index contributed by atoms with van der Waals surface area (Å²) in [5, 5.41) is 1.95. The summed E-state index contributed by atoms with van der Waals surface area (Å²) >= 11 is 5.35. The highest BCUT2D eigenvalue weighted by Crippen LogP contribution is 2.14. The van der Waals surface area contributed by atoms with Crippen molar-refractivity contribution in [1.82, 2.24) is 0 Å². The lowest BCUT2D eigenvalue weighted by molar-refractivity contribution is 0.102. The number of halogens is 2. The van der Waals surface area contributed by atoms with Crippen LogP contribution in [-0.2, 0) is 0 Å². The minimum absolute atomic E-state index is 0.197. The van der Waals surface area contributed by atoms with Crippen molar-refractivity contribution in [3.63, 3.8) is 0 Å². The minimum Gasteiger partial charge on any atom is -0.322 e. The second kappa shape index (κ2) is 5.63. The summed E-state index contributed by atoms with van der Waals surface area (Å²) in [6.45, 7) is 0. The summed E-state index contributed by atoms with van der Waals surface area (Å²) in [5.41, 5.74) is 0.891. The van der Waals surface area contributed by atoms with Crippen molar-refractivity contribution in [2.45, 2.75) is 0 Å². The Bertz CT molecular complexity index is 643. The van der Waals surface area contributed by atoms with Gasteiger partial charge in [0.2, 0.25) is 0 Å². The number of benzene rings is 2. The Balaban J connectivity index is 2.19. The third-order valence-electron chi connectivity index (χ3n) is 2.43. The molecule has 0 fully saturated rings. The quantitative estimate of drug-likeness (QED) is 0.874. The van der Waals surface area contributed by atoms with E-state index in [1.807, 2.05) is 0 Å². The number of anilines is 1. The fraction of sp³-hybridized carbons (Fsp3) is 0. The molecule has 0 saturated carbocycles. The molecule has 2 aromatic carbocycles. The molecule has 0 spiro atoms. The first kappa shape index (κ1) is 13.2. The Morgan fingerprint density at radius 3 is 2.37 bits per heavy atom. The van der Waals surface area contributed by atoms with E-state index in [-0.39, 0.29) is 11.1 Å². The molecule has 1 N–H and O–H groups in total. The van der Waals surface area contributed by atoms with E-state index in [4.69, 9.17) is 11.6 Å². The van der Waals surface area contributed by atoms with E-state index in [1.54, 1.807) is 12.1 Å². The molecule has 5 heteroatoms. The maximum atomic E-state index is 13.0. The van der Waals surface area contributed by atoms with Crippen LogP contribution in [0.2, 0.25) is 0 Å².